The molecule has 1 aromatic carbocycles. The van der Waals surface area contributed by atoms with E-state index in [2.05, 4.69) is 45.1 Å². The molecule has 74 valence electrons. The second-order valence-electron chi connectivity index (χ2n) is 3.49. The number of aryl methyl sites for hydroxylation is 2. The van der Waals surface area contributed by atoms with E-state index < -0.39 is 0 Å². The number of hydrogen-bond acceptors (Lipinski definition) is 2. The molecule has 0 fully saturated rings. The maximum Gasteiger partial charge on any atom is 0.101 e. The van der Waals surface area contributed by atoms with Crippen molar-refractivity contribution in [1.29, 1.82) is 0 Å². The molecule has 0 heterocycles. The molecule has 0 bridgehead atoms. The van der Waals surface area contributed by atoms with Gasteiger partial charge in [-0.3, -0.25) is 0 Å². The highest BCUT2D eigenvalue weighted by Crippen LogP contribution is 2.30. The van der Waals surface area contributed by atoms with Crippen LogP contribution in [0.25, 0.3) is 0 Å². The van der Waals surface area contributed by atoms with Gasteiger partial charge in [0.15, 0.2) is 0 Å². The molecule has 0 saturated carbocycles. The summed E-state index contributed by atoms with van der Waals surface area (Å²) >= 11 is 2.28. The first-order chi connectivity index (χ1) is 6.81. The first-order valence-corrected chi connectivity index (χ1v) is 5.81. The molecule has 0 unspecified atom stereocenters. The van der Waals surface area contributed by atoms with Gasteiger partial charge in [-0.05, 0) is 71.5 Å². The van der Waals surface area contributed by atoms with Crippen LogP contribution in [0.15, 0.2) is 22.5 Å². The fourth-order valence-corrected chi connectivity index (χ4v) is 2.52. The summed E-state index contributed by atoms with van der Waals surface area (Å²) in [7, 11) is 0. The van der Waals surface area contributed by atoms with Gasteiger partial charge in [-0.25, -0.2) is 0 Å². The second-order valence-corrected chi connectivity index (χ2v) is 4.66. The lowest BCUT2D eigenvalue weighted by molar-refractivity contribution is 0.685. The first-order valence-electron chi connectivity index (χ1n) is 4.73. The third-order valence-electron chi connectivity index (χ3n) is 2.58. The van der Waals surface area contributed by atoms with E-state index in [1.807, 2.05) is 0 Å². The Morgan fingerprint density at radius 2 is 1.79 bits per heavy atom. The molecule has 0 spiro atoms. The van der Waals surface area contributed by atoms with E-state index in [4.69, 9.17) is 5.84 Å². The fourth-order valence-electron chi connectivity index (χ4n) is 1.88. The van der Waals surface area contributed by atoms with Crippen LogP contribution in [0, 0.1) is 3.57 Å². The lowest BCUT2D eigenvalue weighted by atomic mass is 9.91. The largest absolute Gasteiger partial charge is 0.305 e. The summed E-state index contributed by atoms with van der Waals surface area (Å²) in [4.78, 5) is 0. The molecular formula is C10H12IN3. The molecule has 3 nitrogen and oxygen atoms in total. The van der Waals surface area contributed by atoms with Crippen LogP contribution in [0.3, 0.4) is 0 Å². The van der Waals surface area contributed by atoms with Crippen LogP contribution in [0.4, 0.5) is 5.69 Å². The Hall–Kier alpha value is -0.650. The molecule has 0 amide bonds. The number of rotatable bonds is 1. The number of benzene rings is 1. The number of hydrogen-bond donors (Lipinski definition) is 1. The maximum atomic E-state index is 5.06. The molecule has 2 rings (SSSR count). The number of nitrogens with two attached hydrogens (primary N) is 1. The smallest absolute Gasteiger partial charge is 0.101 e. The van der Waals surface area contributed by atoms with E-state index in [1.165, 1.54) is 36.8 Å². The molecule has 0 atom stereocenters. The van der Waals surface area contributed by atoms with Crippen molar-refractivity contribution in [3.05, 3.63) is 26.8 Å². The topological polar surface area (TPSA) is 50.7 Å². The van der Waals surface area contributed by atoms with Crippen molar-refractivity contribution in [2.24, 2.45) is 16.2 Å². The monoisotopic (exact) mass is 301 g/mol. The number of nitrogens with zero attached hydrogens (tertiary/aromatic N) is 2. The van der Waals surface area contributed by atoms with Crippen LogP contribution in [-0.4, -0.2) is 0 Å². The molecule has 4 heteroatoms. The van der Waals surface area contributed by atoms with Crippen molar-refractivity contribution in [1.82, 2.24) is 0 Å². The third kappa shape index (κ3) is 1.89. The Kier molecular flexibility index (Phi) is 3.00. The Morgan fingerprint density at radius 1 is 1.14 bits per heavy atom. The first kappa shape index (κ1) is 9.89. The minimum Gasteiger partial charge on any atom is -0.305 e. The molecule has 0 aliphatic heterocycles. The van der Waals surface area contributed by atoms with Crippen molar-refractivity contribution >= 4 is 28.3 Å². The van der Waals surface area contributed by atoms with Gasteiger partial charge in [0.05, 0.1) is 0 Å². The van der Waals surface area contributed by atoms with E-state index >= 15 is 0 Å². The van der Waals surface area contributed by atoms with E-state index in [-0.39, 0.29) is 0 Å². The van der Waals surface area contributed by atoms with Crippen LogP contribution >= 0.6 is 22.6 Å². The number of halogens is 1. The summed E-state index contributed by atoms with van der Waals surface area (Å²) in [6.45, 7) is 0. The van der Waals surface area contributed by atoms with Gasteiger partial charge in [0.25, 0.3) is 0 Å². The van der Waals surface area contributed by atoms with Crippen LogP contribution in [0.5, 0.6) is 0 Å². The summed E-state index contributed by atoms with van der Waals surface area (Å²) < 4.78 is 1.14. The second kappa shape index (κ2) is 4.25. The normalized spacial score (nSPS) is 15.8. The van der Waals surface area contributed by atoms with Crippen molar-refractivity contribution in [3.63, 3.8) is 0 Å². The van der Waals surface area contributed by atoms with Gasteiger partial charge in [-0.2, -0.15) is 0 Å². The van der Waals surface area contributed by atoms with Crippen molar-refractivity contribution in [3.8, 4) is 0 Å². The van der Waals surface area contributed by atoms with Crippen LogP contribution in [0.2, 0.25) is 0 Å². The predicted octanol–water partition coefficient (Wildman–Crippen LogP) is 3.13. The molecule has 0 saturated heterocycles. The van der Waals surface area contributed by atoms with Crippen LogP contribution in [0.1, 0.15) is 24.0 Å². The van der Waals surface area contributed by atoms with E-state index in [0.717, 1.165) is 9.26 Å². The summed E-state index contributed by atoms with van der Waals surface area (Å²) in [5.41, 5.74) is 3.78. The van der Waals surface area contributed by atoms with Gasteiger partial charge in [-0.1, -0.05) is 5.22 Å². The summed E-state index contributed by atoms with van der Waals surface area (Å²) in [5.74, 6) is 5.06. The third-order valence-corrected chi connectivity index (χ3v) is 3.44. The average molecular weight is 301 g/mol. The SMILES string of the molecule is NN=Nc1cc2c(cc1I)CCCC2. The van der Waals surface area contributed by atoms with E-state index in [9.17, 15) is 0 Å². The Morgan fingerprint density at radius 3 is 2.43 bits per heavy atom. The molecule has 0 aromatic heterocycles. The highest BCUT2D eigenvalue weighted by Gasteiger charge is 2.11. The minimum absolute atomic E-state index is 0.897. The van der Waals surface area contributed by atoms with Crippen molar-refractivity contribution < 1.29 is 0 Å². The summed E-state index contributed by atoms with van der Waals surface area (Å²) in [6.07, 6.45) is 4.96. The predicted molar refractivity (Wildman–Crippen MR) is 64.5 cm³/mol. The van der Waals surface area contributed by atoms with Gasteiger partial charge in [0.1, 0.15) is 5.69 Å². The Bertz CT molecular complexity index is 374. The zero-order chi connectivity index (χ0) is 9.97. The van der Waals surface area contributed by atoms with Gasteiger partial charge < -0.3 is 5.84 Å². The molecule has 1 aliphatic rings. The van der Waals surface area contributed by atoms with Crippen LogP contribution in [-0.2, 0) is 12.8 Å². The van der Waals surface area contributed by atoms with Gasteiger partial charge >= 0.3 is 0 Å². The molecule has 2 N–H and O–H groups in total. The minimum atomic E-state index is 0.897. The molecule has 0 radical (unpaired) electrons. The highest BCUT2D eigenvalue weighted by atomic mass is 127. The van der Waals surface area contributed by atoms with Gasteiger partial charge in [0.2, 0.25) is 0 Å². The van der Waals surface area contributed by atoms with Crippen LogP contribution < -0.4 is 5.84 Å². The maximum absolute atomic E-state index is 5.06. The van der Waals surface area contributed by atoms with E-state index in [1.54, 1.807) is 0 Å². The van der Waals surface area contributed by atoms with Gasteiger partial charge in [0, 0.05) is 3.57 Å². The quantitative estimate of drug-likeness (QED) is 0.368. The molecular weight excluding hydrogens is 289 g/mol. The Labute approximate surface area is 96.9 Å². The Balaban J connectivity index is 2.45. The van der Waals surface area contributed by atoms with Gasteiger partial charge in [-0.15, -0.1) is 5.11 Å². The van der Waals surface area contributed by atoms with Crippen molar-refractivity contribution in [2.45, 2.75) is 25.7 Å². The van der Waals surface area contributed by atoms with E-state index in [0.29, 0.717) is 0 Å². The molecule has 1 aliphatic carbocycles. The highest BCUT2D eigenvalue weighted by molar-refractivity contribution is 14.1. The zero-order valence-corrected chi connectivity index (χ0v) is 9.99. The number of fused-ring (bicyclic) bond motifs is 1. The zero-order valence-electron chi connectivity index (χ0n) is 7.83. The lowest BCUT2D eigenvalue weighted by Gasteiger charge is -2.16. The summed E-state index contributed by atoms with van der Waals surface area (Å²) in [6, 6.07) is 4.33. The average Bonchev–Trinajstić information content (AvgIpc) is 2.19. The molecule has 14 heavy (non-hydrogen) atoms. The molecule has 1 aromatic rings. The lowest BCUT2D eigenvalue weighted by Crippen LogP contribution is -2.02. The fraction of sp³-hybridized carbons (Fsp3) is 0.400. The summed E-state index contributed by atoms with van der Waals surface area (Å²) in [5, 5.41) is 7.25. The van der Waals surface area contributed by atoms with Crippen molar-refractivity contribution in [2.75, 3.05) is 0 Å². The standard InChI is InChI=1S/C10H12IN3/c11-9-5-7-3-1-2-4-8(7)6-10(9)13-14-12/h5-6H,1-4H2,(H2,12,13).